The van der Waals surface area contributed by atoms with E-state index in [1.807, 2.05) is 0 Å². The van der Waals surface area contributed by atoms with E-state index in [9.17, 15) is 13.2 Å². The Morgan fingerprint density at radius 1 is 1.29 bits per heavy atom. The van der Waals surface area contributed by atoms with Crippen LogP contribution in [0.25, 0.3) is 0 Å². The molecule has 1 spiro atoms. The summed E-state index contributed by atoms with van der Waals surface area (Å²) in [5.74, 6) is -0.380. The maximum Gasteiger partial charge on any atom is 0.246 e. The van der Waals surface area contributed by atoms with Crippen LogP contribution in [0.1, 0.15) is 19.3 Å². The topological polar surface area (TPSA) is 63.2 Å². The molecule has 17 heavy (non-hydrogen) atoms. The minimum absolute atomic E-state index is 0.222. The van der Waals surface area contributed by atoms with Crippen LogP contribution in [-0.4, -0.2) is 19.1 Å². The zero-order valence-electron chi connectivity index (χ0n) is 8.86. The summed E-state index contributed by atoms with van der Waals surface area (Å²) in [4.78, 5) is 12.2. The van der Waals surface area contributed by atoms with Gasteiger partial charge >= 0.3 is 0 Å². The van der Waals surface area contributed by atoms with Crippen molar-refractivity contribution in [2.24, 2.45) is 0 Å². The first-order valence-corrected chi connectivity index (χ1v) is 7.61. The molecule has 0 unspecified atom stereocenters. The molecule has 0 aromatic heterocycles. The highest BCUT2D eigenvalue weighted by Crippen LogP contribution is 2.49. The molecule has 1 N–H and O–H groups in total. The molecular weight excluding hydrogens is 306 g/mol. The standard InChI is InChI=1S/C11H10BrNO3S/c12-7-3-1-4-8-9(7)17(15,16)11(5-2-6-11)10(14)13-8/h1,3-4H,2,5-6H2,(H,13,14). The highest BCUT2D eigenvalue weighted by molar-refractivity contribution is 9.10. The predicted molar refractivity (Wildman–Crippen MR) is 66.5 cm³/mol. The maximum atomic E-state index is 12.5. The molecule has 3 rings (SSSR count). The summed E-state index contributed by atoms with van der Waals surface area (Å²) in [5.41, 5.74) is 0.377. The van der Waals surface area contributed by atoms with Gasteiger partial charge in [0.1, 0.15) is 4.90 Å². The molecule has 1 aromatic carbocycles. The van der Waals surface area contributed by atoms with Gasteiger partial charge in [-0.3, -0.25) is 4.79 Å². The Morgan fingerprint density at radius 2 is 2.00 bits per heavy atom. The first-order chi connectivity index (χ1) is 7.99. The zero-order chi connectivity index (χ0) is 12.3. The van der Waals surface area contributed by atoms with Crippen molar-refractivity contribution in [3.8, 4) is 0 Å². The van der Waals surface area contributed by atoms with Gasteiger partial charge in [0.25, 0.3) is 0 Å². The minimum atomic E-state index is -3.58. The second-order valence-corrected chi connectivity index (χ2v) is 7.47. The maximum absolute atomic E-state index is 12.5. The van der Waals surface area contributed by atoms with Crippen LogP contribution in [-0.2, 0) is 14.6 Å². The van der Waals surface area contributed by atoms with Gasteiger partial charge in [0.15, 0.2) is 14.6 Å². The van der Waals surface area contributed by atoms with Gasteiger partial charge in [-0.15, -0.1) is 0 Å². The lowest BCUT2D eigenvalue weighted by molar-refractivity contribution is -0.120. The number of carbonyl (C=O) groups excluding carboxylic acids is 1. The number of rotatable bonds is 0. The summed E-state index contributed by atoms with van der Waals surface area (Å²) in [7, 11) is -3.58. The number of benzene rings is 1. The number of anilines is 1. The lowest BCUT2D eigenvalue weighted by Gasteiger charge is -2.42. The SMILES string of the molecule is O=C1Nc2cccc(Br)c2S(=O)(=O)C12CCC2. The third kappa shape index (κ3) is 1.22. The molecule has 1 saturated carbocycles. The minimum Gasteiger partial charge on any atom is -0.323 e. The van der Waals surface area contributed by atoms with Crippen molar-refractivity contribution >= 4 is 37.4 Å². The van der Waals surface area contributed by atoms with Crippen molar-refractivity contribution in [3.05, 3.63) is 22.7 Å². The number of hydrogen-bond acceptors (Lipinski definition) is 3. The van der Waals surface area contributed by atoms with Gasteiger partial charge in [0.05, 0.1) is 5.69 Å². The molecule has 1 heterocycles. The van der Waals surface area contributed by atoms with Crippen LogP contribution in [0, 0.1) is 0 Å². The molecule has 1 amide bonds. The molecule has 90 valence electrons. The van der Waals surface area contributed by atoms with Crippen molar-refractivity contribution in [3.63, 3.8) is 0 Å². The molecule has 0 saturated heterocycles. The Labute approximate surface area is 107 Å². The van der Waals surface area contributed by atoms with Crippen molar-refractivity contribution in [1.82, 2.24) is 0 Å². The monoisotopic (exact) mass is 315 g/mol. The van der Waals surface area contributed by atoms with Gasteiger partial charge < -0.3 is 5.32 Å². The lowest BCUT2D eigenvalue weighted by Crippen LogP contribution is -2.57. The number of sulfone groups is 1. The fourth-order valence-electron chi connectivity index (χ4n) is 2.43. The quantitative estimate of drug-likeness (QED) is 0.797. The summed E-state index contributed by atoms with van der Waals surface area (Å²) in [5, 5.41) is 2.70. The van der Waals surface area contributed by atoms with Crippen LogP contribution in [0.15, 0.2) is 27.6 Å². The second-order valence-electron chi connectivity index (χ2n) is 4.42. The molecule has 0 bridgehead atoms. The Morgan fingerprint density at radius 3 is 2.59 bits per heavy atom. The highest BCUT2D eigenvalue weighted by Gasteiger charge is 2.59. The van der Waals surface area contributed by atoms with Gasteiger partial charge in [0.2, 0.25) is 5.91 Å². The van der Waals surface area contributed by atoms with E-state index in [2.05, 4.69) is 21.2 Å². The highest BCUT2D eigenvalue weighted by atomic mass is 79.9. The van der Waals surface area contributed by atoms with Gasteiger partial charge in [-0.1, -0.05) is 6.07 Å². The van der Waals surface area contributed by atoms with Crippen LogP contribution in [0.3, 0.4) is 0 Å². The van der Waals surface area contributed by atoms with E-state index in [1.165, 1.54) is 0 Å². The average molecular weight is 316 g/mol. The van der Waals surface area contributed by atoms with E-state index in [0.29, 0.717) is 23.0 Å². The first-order valence-electron chi connectivity index (χ1n) is 5.34. The molecule has 0 atom stereocenters. The number of halogens is 1. The summed E-state index contributed by atoms with van der Waals surface area (Å²) in [6.07, 6.45) is 1.62. The fourth-order valence-corrected chi connectivity index (χ4v) is 5.68. The first kappa shape index (κ1) is 11.2. The smallest absolute Gasteiger partial charge is 0.246 e. The second kappa shape index (κ2) is 3.32. The summed E-state index contributed by atoms with van der Waals surface area (Å²) >= 11 is 3.25. The molecule has 1 aliphatic heterocycles. The average Bonchev–Trinajstić information content (AvgIpc) is 2.12. The van der Waals surface area contributed by atoms with Gasteiger partial charge in [0, 0.05) is 4.47 Å². The van der Waals surface area contributed by atoms with Crippen LogP contribution >= 0.6 is 15.9 Å². The van der Waals surface area contributed by atoms with Crippen molar-refractivity contribution in [1.29, 1.82) is 0 Å². The van der Waals surface area contributed by atoms with E-state index in [0.717, 1.165) is 6.42 Å². The van der Waals surface area contributed by atoms with E-state index in [4.69, 9.17) is 0 Å². The number of fused-ring (bicyclic) bond motifs is 1. The predicted octanol–water partition coefficient (Wildman–Crippen LogP) is 2.10. The van der Waals surface area contributed by atoms with Crippen LogP contribution in [0.4, 0.5) is 5.69 Å². The van der Waals surface area contributed by atoms with Crippen LogP contribution < -0.4 is 5.32 Å². The number of carbonyl (C=O) groups is 1. The molecule has 1 aromatic rings. The largest absolute Gasteiger partial charge is 0.323 e. The molecule has 4 nitrogen and oxygen atoms in total. The molecule has 1 aliphatic carbocycles. The number of amides is 1. The zero-order valence-corrected chi connectivity index (χ0v) is 11.3. The normalized spacial score (nSPS) is 23.7. The third-order valence-electron chi connectivity index (χ3n) is 3.57. The third-order valence-corrected chi connectivity index (χ3v) is 7.10. The van der Waals surface area contributed by atoms with Crippen molar-refractivity contribution < 1.29 is 13.2 Å². The van der Waals surface area contributed by atoms with Crippen LogP contribution in [0.5, 0.6) is 0 Å². The fraction of sp³-hybridized carbons (Fsp3) is 0.364. The molecule has 0 radical (unpaired) electrons. The van der Waals surface area contributed by atoms with E-state index < -0.39 is 14.6 Å². The van der Waals surface area contributed by atoms with Crippen molar-refractivity contribution in [2.75, 3.05) is 5.32 Å². The van der Waals surface area contributed by atoms with Gasteiger partial charge in [-0.05, 0) is 47.3 Å². The molecule has 1 fully saturated rings. The molecule has 2 aliphatic rings. The Bertz CT molecular complexity index is 620. The van der Waals surface area contributed by atoms with Crippen LogP contribution in [0.2, 0.25) is 0 Å². The summed E-state index contributed by atoms with van der Waals surface area (Å²) < 4.78 is 24.4. The number of hydrogen-bond donors (Lipinski definition) is 1. The van der Waals surface area contributed by atoms with Crippen molar-refractivity contribution in [2.45, 2.75) is 28.9 Å². The number of nitrogens with one attached hydrogen (secondary N) is 1. The Kier molecular flexibility index (Phi) is 2.19. The molecular formula is C11H10BrNO3S. The summed E-state index contributed by atoms with van der Waals surface area (Å²) in [6, 6.07) is 5.00. The molecule has 6 heteroatoms. The van der Waals surface area contributed by atoms with Gasteiger partial charge in [-0.25, -0.2) is 8.42 Å². The summed E-state index contributed by atoms with van der Waals surface area (Å²) in [6.45, 7) is 0. The van der Waals surface area contributed by atoms with E-state index in [-0.39, 0.29) is 10.8 Å². The van der Waals surface area contributed by atoms with E-state index in [1.54, 1.807) is 18.2 Å². The van der Waals surface area contributed by atoms with E-state index >= 15 is 0 Å². The van der Waals surface area contributed by atoms with Gasteiger partial charge in [-0.2, -0.15) is 0 Å². The Balaban J connectivity index is 2.33. The lowest BCUT2D eigenvalue weighted by atomic mass is 9.83. The Hall–Kier alpha value is -0.880.